The number of amides is 1. The highest BCUT2D eigenvalue weighted by Crippen LogP contribution is 2.09. The van der Waals surface area contributed by atoms with Crippen molar-refractivity contribution < 1.29 is 14.7 Å². The van der Waals surface area contributed by atoms with Crippen LogP contribution in [0.3, 0.4) is 0 Å². The van der Waals surface area contributed by atoms with Crippen LogP contribution >= 0.6 is 11.5 Å². The topological polar surface area (TPSA) is 92.2 Å². The summed E-state index contributed by atoms with van der Waals surface area (Å²) in [6.45, 7) is 2.18. The quantitative estimate of drug-likeness (QED) is 0.717. The molecule has 2 N–H and O–H groups in total. The maximum Gasteiger partial charge on any atom is 0.358 e. The molecule has 1 aromatic rings. The Balaban J connectivity index is 2.93. The number of nitrogens with zero attached hydrogens (tertiary/aromatic N) is 2. The lowest BCUT2D eigenvalue weighted by molar-refractivity contribution is 0.0685. The summed E-state index contributed by atoms with van der Waals surface area (Å²) in [5.74, 6) is -1.69. The third-order valence-electron chi connectivity index (χ3n) is 1.23. The highest BCUT2D eigenvalue weighted by Gasteiger charge is 2.20. The fraction of sp³-hybridized carbons (Fsp3) is 0.333. The average Bonchev–Trinajstić information content (AvgIpc) is 2.52. The second-order valence-electron chi connectivity index (χ2n) is 2.12. The number of rotatable bonds is 3. The number of carbonyl (C=O) groups excluding carboxylic acids is 1. The van der Waals surface area contributed by atoms with E-state index in [0.717, 1.165) is 11.5 Å². The minimum Gasteiger partial charge on any atom is -0.476 e. The van der Waals surface area contributed by atoms with Crippen LogP contribution in [0, 0.1) is 0 Å². The molecule has 0 unspecified atom stereocenters. The first-order chi connectivity index (χ1) is 6.16. The van der Waals surface area contributed by atoms with E-state index in [1.54, 1.807) is 6.92 Å². The van der Waals surface area contributed by atoms with Gasteiger partial charge in [-0.15, -0.1) is 5.10 Å². The lowest BCUT2D eigenvalue weighted by Crippen LogP contribution is -2.23. The monoisotopic (exact) mass is 201 g/mol. The summed E-state index contributed by atoms with van der Waals surface area (Å²) < 4.78 is 3.40. The first kappa shape index (κ1) is 9.59. The molecular formula is C6H7N3O3S. The van der Waals surface area contributed by atoms with Gasteiger partial charge in [0, 0.05) is 6.54 Å². The van der Waals surface area contributed by atoms with E-state index >= 15 is 0 Å². The molecule has 0 radical (unpaired) electrons. The van der Waals surface area contributed by atoms with Crippen molar-refractivity contribution in [3.8, 4) is 0 Å². The van der Waals surface area contributed by atoms with Crippen LogP contribution in [0.2, 0.25) is 0 Å². The number of carbonyl (C=O) groups is 2. The van der Waals surface area contributed by atoms with Crippen molar-refractivity contribution in [2.45, 2.75) is 6.92 Å². The lowest BCUT2D eigenvalue weighted by atomic mass is 10.3. The van der Waals surface area contributed by atoms with E-state index in [-0.39, 0.29) is 10.6 Å². The fourth-order valence-corrected chi connectivity index (χ4v) is 1.29. The predicted molar refractivity (Wildman–Crippen MR) is 44.9 cm³/mol. The average molecular weight is 201 g/mol. The SMILES string of the molecule is CCNC(=O)c1snnc1C(=O)O. The van der Waals surface area contributed by atoms with E-state index in [2.05, 4.69) is 14.9 Å². The number of nitrogens with one attached hydrogen (secondary N) is 1. The summed E-state index contributed by atoms with van der Waals surface area (Å²) in [7, 11) is 0. The van der Waals surface area contributed by atoms with Crippen LogP contribution in [0.25, 0.3) is 0 Å². The maximum absolute atomic E-state index is 11.2. The Morgan fingerprint density at radius 3 is 2.85 bits per heavy atom. The molecular weight excluding hydrogens is 194 g/mol. The summed E-state index contributed by atoms with van der Waals surface area (Å²) in [5.41, 5.74) is -0.295. The van der Waals surface area contributed by atoms with Crippen molar-refractivity contribution in [2.75, 3.05) is 6.54 Å². The van der Waals surface area contributed by atoms with Gasteiger partial charge in [-0.3, -0.25) is 4.79 Å². The number of carboxylic acid groups (broad SMARTS) is 1. The van der Waals surface area contributed by atoms with Crippen molar-refractivity contribution in [3.05, 3.63) is 10.6 Å². The van der Waals surface area contributed by atoms with Crippen LogP contribution in [0.4, 0.5) is 0 Å². The van der Waals surface area contributed by atoms with Crippen LogP contribution in [0.5, 0.6) is 0 Å². The van der Waals surface area contributed by atoms with Gasteiger partial charge >= 0.3 is 5.97 Å². The van der Waals surface area contributed by atoms with E-state index < -0.39 is 11.9 Å². The Morgan fingerprint density at radius 1 is 1.62 bits per heavy atom. The first-order valence-corrected chi connectivity index (χ1v) is 4.28. The molecule has 0 fully saturated rings. The largest absolute Gasteiger partial charge is 0.476 e. The third-order valence-corrected chi connectivity index (χ3v) is 1.96. The summed E-state index contributed by atoms with van der Waals surface area (Å²) in [4.78, 5) is 21.7. The molecule has 0 atom stereocenters. The molecule has 1 rings (SSSR count). The summed E-state index contributed by atoms with van der Waals surface area (Å²) in [6.07, 6.45) is 0. The second kappa shape index (κ2) is 3.94. The Hall–Kier alpha value is -1.50. The van der Waals surface area contributed by atoms with Gasteiger partial charge in [0.05, 0.1) is 0 Å². The smallest absolute Gasteiger partial charge is 0.358 e. The van der Waals surface area contributed by atoms with Gasteiger partial charge in [0.1, 0.15) is 4.88 Å². The molecule has 0 spiro atoms. The van der Waals surface area contributed by atoms with Crippen molar-refractivity contribution in [1.82, 2.24) is 14.9 Å². The molecule has 1 amide bonds. The Morgan fingerprint density at radius 2 is 2.31 bits per heavy atom. The molecule has 0 saturated heterocycles. The van der Waals surface area contributed by atoms with Crippen LogP contribution in [-0.2, 0) is 0 Å². The van der Waals surface area contributed by atoms with E-state index in [1.165, 1.54) is 0 Å². The lowest BCUT2D eigenvalue weighted by Gasteiger charge is -1.97. The van der Waals surface area contributed by atoms with Crippen LogP contribution < -0.4 is 5.32 Å². The van der Waals surface area contributed by atoms with Gasteiger partial charge in [-0.1, -0.05) is 4.49 Å². The molecule has 0 aliphatic carbocycles. The molecule has 13 heavy (non-hydrogen) atoms. The predicted octanol–water partition coefficient (Wildman–Crippen LogP) is -0.0140. The van der Waals surface area contributed by atoms with Crippen molar-refractivity contribution in [3.63, 3.8) is 0 Å². The number of hydrogen-bond acceptors (Lipinski definition) is 5. The molecule has 0 saturated carbocycles. The summed E-state index contributed by atoms with van der Waals surface area (Å²) in [6, 6.07) is 0. The Bertz CT molecular complexity index is 336. The minimum absolute atomic E-state index is 0.0364. The van der Waals surface area contributed by atoms with Gasteiger partial charge in [-0.05, 0) is 18.5 Å². The Labute approximate surface area is 77.7 Å². The fourth-order valence-electron chi connectivity index (χ4n) is 0.720. The van der Waals surface area contributed by atoms with E-state index in [9.17, 15) is 9.59 Å². The van der Waals surface area contributed by atoms with Crippen LogP contribution in [0.15, 0.2) is 0 Å². The van der Waals surface area contributed by atoms with Gasteiger partial charge < -0.3 is 10.4 Å². The molecule has 7 heteroatoms. The number of aromatic carboxylic acids is 1. The first-order valence-electron chi connectivity index (χ1n) is 3.50. The minimum atomic E-state index is -1.24. The number of carboxylic acids is 1. The van der Waals surface area contributed by atoms with E-state index in [0.29, 0.717) is 6.54 Å². The second-order valence-corrected chi connectivity index (χ2v) is 2.87. The van der Waals surface area contributed by atoms with Gasteiger partial charge in [0.15, 0.2) is 5.69 Å². The van der Waals surface area contributed by atoms with Gasteiger partial charge in [-0.2, -0.15) is 0 Å². The highest BCUT2D eigenvalue weighted by atomic mass is 32.1. The van der Waals surface area contributed by atoms with Crippen molar-refractivity contribution in [1.29, 1.82) is 0 Å². The van der Waals surface area contributed by atoms with E-state index in [4.69, 9.17) is 5.11 Å². The normalized spacial score (nSPS) is 9.62. The molecule has 1 aromatic heterocycles. The highest BCUT2D eigenvalue weighted by molar-refractivity contribution is 7.08. The number of hydrogen-bond donors (Lipinski definition) is 2. The standard InChI is InChI=1S/C6H7N3O3S/c1-2-7-5(10)4-3(6(11)12)8-9-13-4/h2H2,1H3,(H,7,10)(H,11,12). The van der Waals surface area contributed by atoms with Crippen molar-refractivity contribution in [2.24, 2.45) is 0 Å². The zero-order valence-electron chi connectivity index (χ0n) is 6.77. The third kappa shape index (κ3) is 2.00. The maximum atomic E-state index is 11.2. The molecule has 0 bridgehead atoms. The zero-order valence-corrected chi connectivity index (χ0v) is 7.59. The van der Waals surface area contributed by atoms with Gasteiger partial charge in [-0.25, -0.2) is 4.79 Å². The molecule has 1 heterocycles. The van der Waals surface area contributed by atoms with Crippen LogP contribution in [-0.4, -0.2) is 33.1 Å². The van der Waals surface area contributed by atoms with Crippen molar-refractivity contribution >= 4 is 23.4 Å². The van der Waals surface area contributed by atoms with Gasteiger partial charge in [0.25, 0.3) is 5.91 Å². The zero-order chi connectivity index (χ0) is 9.84. The van der Waals surface area contributed by atoms with E-state index in [1.807, 2.05) is 0 Å². The number of aromatic nitrogens is 2. The summed E-state index contributed by atoms with van der Waals surface area (Å²) in [5, 5.41) is 14.4. The molecule has 0 aromatic carbocycles. The molecule has 70 valence electrons. The van der Waals surface area contributed by atoms with Crippen LogP contribution in [0.1, 0.15) is 27.1 Å². The molecule has 6 nitrogen and oxygen atoms in total. The van der Waals surface area contributed by atoms with Gasteiger partial charge in [0.2, 0.25) is 0 Å². The Kier molecular flexibility index (Phi) is 2.91. The molecule has 0 aliphatic rings. The summed E-state index contributed by atoms with van der Waals surface area (Å²) >= 11 is 0.772. The molecule has 0 aliphatic heterocycles.